The first-order valence-corrected chi connectivity index (χ1v) is 8.90. The average molecular weight is 363 g/mol. The van der Waals surface area contributed by atoms with Crippen LogP contribution in [0.5, 0.6) is 0 Å². The first-order chi connectivity index (χ1) is 12.0. The van der Waals surface area contributed by atoms with Gasteiger partial charge in [-0.05, 0) is 23.3 Å². The first kappa shape index (κ1) is 17.9. The normalized spacial score (nSPS) is 16.6. The third kappa shape index (κ3) is 4.38. The van der Waals surface area contributed by atoms with Gasteiger partial charge in [0.1, 0.15) is 0 Å². The van der Waals surface area contributed by atoms with Gasteiger partial charge in [0, 0.05) is 24.9 Å². The minimum atomic E-state index is -2.56. The van der Waals surface area contributed by atoms with Crippen LogP contribution in [0.2, 0.25) is 0 Å². The number of ether oxygens (including phenoxy) is 1. The van der Waals surface area contributed by atoms with Crippen LogP contribution in [0.3, 0.4) is 0 Å². The number of thioether (sulfide) groups is 1. The van der Waals surface area contributed by atoms with Crippen LogP contribution in [-0.2, 0) is 17.8 Å². The summed E-state index contributed by atoms with van der Waals surface area (Å²) in [6, 6.07) is 14.6. The predicted molar refractivity (Wildman–Crippen MR) is 94.0 cm³/mol. The van der Waals surface area contributed by atoms with E-state index in [-0.39, 0.29) is 12.0 Å². The number of hydrogen-bond donors (Lipinski definition) is 0. The Balaban J connectivity index is 1.68. The number of carbonyl (C=O) groups is 1. The summed E-state index contributed by atoms with van der Waals surface area (Å²) in [4.78, 5) is 14.5. The molecule has 0 N–H and O–H groups in total. The molecular weight excluding hydrogens is 344 g/mol. The van der Waals surface area contributed by atoms with Gasteiger partial charge in [0.05, 0.1) is 18.3 Å². The molecule has 6 heteroatoms. The molecule has 1 aliphatic heterocycles. The summed E-state index contributed by atoms with van der Waals surface area (Å²) in [5.41, 5.74) is 2.70. The second kappa shape index (κ2) is 7.97. The van der Waals surface area contributed by atoms with Crippen molar-refractivity contribution in [1.29, 1.82) is 0 Å². The molecule has 0 spiro atoms. The number of amides is 1. The Kier molecular flexibility index (Phi) is 5.71. The highest BCUT2D eigenvalue weighted by molar-refractivity contribution is 7.99. The Morgan fingerprint density at radius 2 is 1.88 bits per heavy atom. The number of likely N-dealkylation sites (N-methyl/N-ethyl adjacent to an activating group) is 1. The number of rotatable bonds is 5. The Morgan fingerprint density at radius 3 is 2.64 bits per heavy atom. The molecule has 0 radical (unpaired) electrons. The molecule has 2 aromatic rings. The van der Waals surface area contributed by atoms with Gasteiger partial charge < -0.3 is 9.64 Å². The molecule has 1 heterocycles. The molecule has 1 atom stereocenters. The number of carbonyl (C=O) groups excluding carboxylic acids is 1. The monoisotopic (exact) mass is 363 g/mol. The highest BCUT2D eigenvalue weighted by Crippen LogP contribution is 2.29. The van der Waals surface area contributed by atoms with Crippen LogP contribution in [0.1, 0.15) is 21.5 Å². The van der Waals surface area contributed by atoms with E-state index in [1.165, 1.54) is 11.1 Å². The predicted octanol–water partition coefficient (Wildman–Crippen LogP) is 4.21. The van der Waals surface area contributed by atoms with Crippen molar-refractivity contribution >= 4 is 17.7 Å². The van der Waals surface area contributed by atoms with E-state index in [9.17, 15) is 13.6 Å². The van der Waals surface area contributed by atoms with Crippen molar-refractivity contribution in [2.24, 2.45) is 0 Å². The van der Waals surface area contributed by atoms with E-state index in [4.69, 9.17) is 4.74 Å². The van der Waals surface area contributed by atoms with Crippen LogP contribution >= 0.6 is 11.8 Å². The topological polar surface area (TPSA) is 29.5 Å². The second-order valence-corrected chi connectivity index (χ2v) is 7.00. The second-order valence-electron chi connectivity index (χ2n) is 5.97. The molecule has 0 saturated carbocycles. The summed E-state index contributed by atoms with van der Waals surface area (Å²) in [7, 11) is 1.68. The first-order valence-electron chi connectivity index (χ1n) is 8.02. The fourth-order valence-corrected chi connectivity index (χ4v) is 3.59. The van der Waals surface area contributed by atoms with Crippen molar-refractivity contribution in [1.82, 2.24) is 4.90 Å². The number of hydrogen-bond acceptors (Lipinski definition) is 3. The minimum Gasteiger partial charge on any atom is -0.371 e. The summed E-state index contributed by atoms with van der Waals surface area (Å²) in [6.45, 7) is 0.946. The lowest BCUT2D eigenvalue weighted by Crippen LogP contribution is -2.38. The van der Waals surface area contributed by atoms with Crippen LogP contribution in [0, 0.1) is 0 Å². The minimum absolute atomic E-state index is 0.0984. The van der Waals surface area contributed by atoms with Crippen LogP contribution in [0.15, 0.2) is 53.4 Å². The SMILES string of the molecule is CN(CC1Cc2ccccc2CO1)C(=O)c1ccccc1SC(F)F. The lowest BCUT2D eigenvalue weighted by Gasteiger charge is -2.29. The van der Waals surface area contributed by atoms with Crippen LogP contribution < -0.4 is 0 Å². The van der Waals surface area contributed by atoms with Gasteiger partial charge in [-0.25, -0.2) is 0 Å². The van der Waals surface area contributed by atoms with E-state index in [0.717, 1.165) is 6.42 Å². The molecule has 132 valence electrons. The Morgan fingerprint density at radius 1 is 1.20 bits per heavy atom. The molecule has 1 amide bonds. The zero-order valence-corrected chi connectivity index (χ0v) is 14.6. The van der Waals surface area contributed by atoms with Gasteiger partial charge in [0.15, 0.2) is 0 Å². The van der Waals surface area contributed by atoms with Crippen molar-refractivity contribution in [2.75, 3.05) is 13.6 Å². The van der Waals surface area contributed by atoms with E-state index >= 15 is 0 Å². The summed E-state index contributed by atoms with van der Waals surface area (Å²) in [5.74, 6) is -2.83. The van der Waals surface area contributed by atoms with Crippen LogP contribution in [0.25, 0.3) is 0 Å². The molecule has 25 heavy (non-hydrogen) atoms. The van der Waals surface area contributed by atoms with Gasteiger partial charge in [-0.1, -0.05) is 48.2 Å². The number of alkyl halides is 2. The molecule has 0 fully saturated rings. The Labute approximate surface area is 150 Å². The summed E-state index contributed by atoms with van der Waals surface area (Å²) in [6.07, 6.45) is 0.639. The molecule has 0 saturated heterocycles. The summed E-state index contributed by atoms with van der Waals surface area (Å²) in [5, 5.41) is 0. The molecule has 0 bridgehead atoms. The third-order valence-electron chi connectivity index (χ3n) is 4.20. The lowest BCUT2D eigenvalue weighted by molar-refractivity contribution is 0.00977. The standard InChI is InChI=1S/C19H19F2NO2S/c1-22(11-15-10-13-6-2-3-7-14(13)12-24-15)18(23)16-8-4-5-9-17(16)25-19(20)21/h2-9,15,19H,10-12H2,1H3. The molecule has 1 unspecified atom stereocenters. The maximum absolute atomic E-state index is 12.7. The largest absolute Gasteiger partial charge is 0.371 e. The maximum Gasteiger partial charge on any atom is 0.288 e. The smallest absolute Gasteiger partial charge is 0.288 e. The van der Waals surface area contributed by atoms with E-state index in [0.29, 0.717) is 35.4 Å². The van der Waals surface area contributed by atoms with E-state index < -0.39 is 5.76 Å². The van der Waals surface area contributed by atoms with E-state index in [1.54, 1.807) is 36.2 Å². The van der Waals surface area contributed by atoms with Crippen molar-refractivity contribution in [2.45, 2.75) is 29.8 Å². The zero-order chi connectivity index (χ0) is 17.8. The Hall–Kier alpha value is -1.92. The third-order valence-corrected chi connectivity index (χ3v) is 4.99. The van der Waals surface area contributed by atoms with E-state index in [2.05, 4.69) is 6.07 Å². The van der Waals surface area contributed by atoms with Gasteiger partial charge >= 0.3 is 0 Å². The number of fused-ring (bicyclic) bond motifs is 1. The highest BCUT2D eigenvalue weighted by atomic mass is 32.2. The van der Waals surface area contributed by atoms with Gasteiger partial charge in [-0.15, -0.1) is 0 Å². The number of halogens is 2. The quantitative estimate of drug-likeness (QED) is 0.745. The van der Waals surface area contributed by atoms with E-state index in [1.807, 2.05) is 18.2 Å². The van der Waals surface area contributed by atoms with Crippen molar-refractivity contribution in [3.63, 3.8) is 0 Å². The molecule has 1 aliphatic rings. The molecular formula is C19H19F2NO2S. The molecule has 3 rings (SSSR count). The van der Waals surface area contributed by atoms with Gasteiger partial charge in [0.2, 0.25) is 0 Å². The fraction of sp³-hybridized carbons (Fsp3) is 0.316. The van der Waals surface area contributed by atoms with Crippen molar-refractivity contribution in [3.05, 3.63) is 65.2 Å². The number of nitrogens with zero attached hydrogens (tertiary/aromatic N) is 1. The maximum atomic E-state index is 12.7. The molecule has 0 aromatic heterocycles. The summed E-state index contributed by atoms with van der Waals surface area (Å²) < 4.78 is 31.2. The van der Waals surface area contributed by atoms with Crippen molar-refractivity contribution in [3.8, 4) is 0 Å². The molecule has 3 nitrogen and oxygen atoms in total. The Bertz CT molecular complexity index is 754. The highest BCUT2D eigenvalue weighted by Gasteiger charge is 2.24. The van der Waals surface area contributed by atoms with Gasteiger partial charge in [-0.2, -0.15) is 8.78 Å². The van der Waals surface area contributed by atoms with Crippen LogP contribution in [0.4, 0.5) is 8.78 Å². The van der Waals surface area contributed by atoms with Gasteiger partial charge in [-0.3, -0.25) is 4.79 Å². The van der Waals surface area contributed by atoms with Gasteiger partial charge in [0.25, 0.3) is 11.7 Å². The average Bonchev–Trinajstić information content (AvgIpc) is 2.61. The molecule has 0 aliphatic carbocycles. The lowest BCUT2D eigenvalue weighted by atomic mass is 9.99. The molecule has 2 aromatic carbocycles. The summed E-state index contributed by atoms with van der Waals surface area (Å²) >= 11 is 0.395. The van der Waals surface area contributed by atoms with Crippen LogP contribution in [-0.4, -0.2) is 36.3 Å². The van der Waals surface area contributed by atoms with Crippen molar-refractivity contribution < 1.29 is 18.3 Å². The number of benzene rings is 2. The zero-order valence-electron chi connectivity index (χ0n) is 13.8. The fourth-order valence-electron chi connectivity index (χ4n) is 2.96.